The number of benzene rings is 2. The molecule has 148 valence electrons. The van der Waals surface area contributed by atoms with Crippen LogP contribution in [-0.2, 0) is 4.84 Å². The molecule has 2 aromatic rings. The summed E-state index contributed by atoms with van der Waals surface area (Å²) in [6.07, 6.45) is 2.24. The van der Waals surface area contributed by atoms with Crippen LogP contribution in [0.4, 0.5) is 5.69 Å². The van der Waals surface area contributed by atoms with Gasteiger partial charge in [-0.3, -0.25) is 4.84 Å². The molecular weight excluding hydrogens is 354 g/mol. The zero-order chi connectivity index (χ0) is 19.5. The Bertz CT molecular complexity index is 810. The Kier molecular flexibility index (Phi) is 5.41. The van der Waals surface area contributed by atoms with Crippen LogP contribution < -0.4 is 14.4 Å². The third kappa shape index (κ3) is 3.79. The third-order valence-electron chi connectivity index (χ3n) is 5.15. The van der Waals surface area contributed by atoms with Gasteiger partial charge in [0.05, 0.1) is 19.9 Å². The molecule has 0 amide bonds. The maximum atomic E-state index is 6.09. The number of hydrogen-bond donors (Lipinski definition) is 0. The van der Waals surface area contributed by atoms with Crippen LogP contribution in [0.1, 0.15) is 12.5 Å². The van der Waals surface area contributed by atoms with Gasteiger partial charge in [-0.25, -0.2) is 0 Å². The molecule has 4 rings (SSSR count). The lowest BCUT2D eigenvalue weighted by Crippen LogP contribution is -2.52. The number of methoxy groups -OCH3 is 2. The number of hydroxylamine groups is 1. The first-order valence-electron chi connectivity index (χ1n) is 9.65. The predicted molar refractivity (Wildman–Crippen MR) is 110 cm³/mol. The van der Waals surface area contributed by atoms with Gasteiger partial charge in [-0.2, -0.15) is 10.2 Å². The van der Waals surface area contributed by atoms with Crippen LogP contribution in [0.3, 0.4) is 0 Å². The first-order valence-corrected chi connectivity index (χ1v) is 9.65. The van der Waals surface area contributed by atoms with Crippen molar-refractivity contribution in [1.82, 2.24) is 10.2 Å². The van der Waals surface area contributed by atoms with Crippen LogP contribution >= 0.6 is 0 Å². The summed E-state index contributed by atoms with van der Waals surface area (Å²) in [5.41, 5.74) is 3.40. The molecule has 0 N–H and O–H groups in total. The van der Waals surface area contributed by atoms with Gasteiger partial charge in [0.25, 0.3) is 0 Å². The Balaban J connectivity index is 1.46. The van der Waals surface area contributed by atoms with E-state index in [-0.39, 0.29) is 6.10 Å². The fourth-order valence-corrected chi connectivity index (χ4v) is 3.68. The molecule has 6 heteroatoms. The molecule has 0 saturated carbocycles. The Hall–Kier alpha value is -2.70. The van der Waals surface area contributed by atoms with Gasteiger partial charge < -0.3 is 14.4 Å². The minimum absolute atomic E-state index is 0.0656. The molecule has 2 aromatic carbocycles. The molecule has 0 aromatic heterocycles. The van der Waals surface area contributed by atoms with E-state index in [1.807, 2.05) is 17.3 Å². The fourth-order valence-electron chi connectivity index (χ4n) is 3.68. The van der Waals surface area contributed by atoms with Crippen LogP contribution in [0.5, 0.6) is 11.5 Å². The minimum atomic E-state index is 0.0656. The summed E-state index contributed by atoms with van der Waals surface area (Å²) >= 11 is 0. The second kappa shape index (κ2) is 8.12. The van der Waals surface area contributed by atoms with Gasteiger partial charge in [-0.05, 0) is 13.0 Å². The van der Waals surface area contributed by atoms with E-state index in [2.05, 4.69) is 59.3 Å². The summed E-state index contributed by atoms with van der Waals surface area (Å²) < 4.78 is 10.8. The number of rotatable bonds is 5. The van der Waals surface area contributed by atoms with E-state index in [0.29, 0.717) is 0 Å². The van der Waals surface area contributed by atoms with E-state index in [0.717, 1.165) is 49.1 Å². The van der Waals surface area contributed by atoms with E-state index in [1.54, 1.807) is 14.2 Å². The Morgan fingerprint density at radius 3 is 2.14 bits per heavy atom. The lowest BCUT2D eigenvalue weighted by Gasteiger charge is -2.41. The number of ether oxygens (including phenoxy) is 2. The normalized spacial score (nSPS) is 20.2. The van der Waals surface area contributed by atoms with Crippen molar-refractivity contribution in [3.05, 3.63) is 60.2 Å². The van der Waals surface area contributed by atoms with Crippen LogP contribution in [0.2, 0.25) is 0 Å². The van der Waals surface area contributed by atoms with Crippen LogP contribution in [0.15, 0.2) is 54.6 Å². The lowest BCUT2D eigenvalue weighted by molar-refractivity contribution is -0.242. The van der Waals surface area contributed by atoms with Crippen molar-refractivity contribution in [2.75, 3.05) is 45.3 Å². The predicted octanol–water partition coefficient (Wildman–Crippen LogP) is 3.42. The topological polar surface area (TPSA) is 37.4 Å². The number of hydrazine groups is 1. The molecule has 2 aliphatic rings. The van der Waals surface area contributed by atoms with Crippen LogP contribution in [0.25, 0.3) is 5.70 Å². The molecule has 28 heavy (non-hydrogen) atoms. The van der Waals surface area contributed by atoms with Crippen molar-refractivity contribution >= 4 is 11.4 Å². The van der Waals surface area contributed by atoms with Gasteiger partial charge in [0.15, 0.2) is 0 Å². The maximum absolute atomic E-state index is 6.09. The molecule has 0 aliphatic carbocycles. The zero-order valence-corrected chi connectivity index (χ0v) is 16.7. The molecule has 0 spiro atoms. The second-order valence-electron chi connectivity index (χ2n) is 7.01. The van der Waals surface area contributed by atoms with Gasteiger partial charge in [0.1, 0.15) is 17.6 Å². The Morgan fingerprint density at radius 1 is 0.893 bits per heavy atom. The first-order chi connectivity index (χ1) is 13.7. The first kappa shape index (κ1) is 18.7. The van der Waals surface area contributed by atoms with Crippen molar-refractivity contribution in [3.63, 3.8) is 0 Å². The Morgan fingerprint density at radius 2 is 1.54 bits per heavy atom. The van der Waals surface area contributed by atoms with Crippen molar-refractivity contribution < 1.29 is 14.3 Å². The number of piperazine rings is 1. The molecule has 1 saturated heterocycles. The number of anilines is 1. The van der Waals surface area contributed by atoms with Gasteiger partial charge in [-0.1, -0.05) is 30.3 Å². The molecule has 0 bridgehead atoms. The highest BCUT2D eigenvalue weighted by atomic mass is 16.7. The highest BCUT2D eigenvalue weighted by Crippen LogP contribution is 2.32. The average molecular weight is 381 g/mol. The average Bonchev–Trinajstić information content (AvgIpc) is 3.15. The van der Waals surface area contributed by atoms with E-state index in [1.165, 1.54) is 5.56 Å². The maximum Gasteiger partial charge on any atom is 0.124 e. The molecule has 0 radical (unpaired) electrons. The summed E-state index contributed by atoms with van der Waals surface area (Å²) in [6, 6.07) is 16.4. The largest absolute Gasteiger partial charge is 0.497 e. The summed E-state index contributed by atoms with van der Waals surface area (Å²) in [7, 11) is 3.36. The molecule has 1 fully saturated rings. The summed E-state index contributed by atoms with van der Waals surface area (Å²) in [5.74, 6) is 1.62. The highest BCUT2D eigenvalue weighted by molar-refractivity contribution is 5.64. The van der Waals surface area contributed by atoms with Gasteiger partial charge in [0.2, 0.25) is 0 Å². The van der Waals surface area contributed by atoms with E-state index in [9.17, 15) is 0 Å². The Labute approximate surface area is 166 Å². The quantitative estimate of drug-likeness (QED) is 0.790. The van der Waals surface area contributed by atoms with Crippen molar-refractivity contribution in [1.29, 1.82) is 0 Å². The van der Waals surface area contributed by atoms with Gasteiger partial charge >= 0.3 is 0 Å². The molecule has 1 unspecified atom stereocenters. The van der Waals surface area contributed by atoms with E-state index >= 15 is 0 Å². The second-order valence-corrected chi connectivity index (χ2v) is 7.01. The smallest absolute Gasteiger partial charge is 0.124 e. The monoisotopic (exact) mass is 381 g/mol. The zero-order valence-electron chi connectivity index (χ0n) is 16.7. The van der Waals surface area contributed by atoms with Crippen molar-refractivity contribution in [2.24, 2.45) is 0 Å². The summed E-state index contributed by atoms with van der Waals surface area (Å²) in [4.78, 5) is 8.44. The van der Waals surface area contributed by atoms with Gasteiger partial charge in [0, 0.05) is 55.6 Å². The van der Waals surface area contributed by atoms with Crippen LogP contribution in [0, 0.1) is 0 Å². The fraction of sp³-hybridized carbons (Fsp3) is 0.364. The summed E-state index contributed by atoms with van der Waals surface area (Å²) in [6.45, 7) is 5.60. The molecule has 1 atom stereocenters. The van der Waals surface area contributed by atoms with Crippen molar-refractivity contribution in [3.8, 4) is 11.5 Å². The molecule has 2 heterocycles. The SMILES string of the molecule is COc1cc(OC)cc(N2CCN(N3OC(C)C=C3c3ccccc3)CC2)c1. The molecular formula is C22H27N3O3. The molecule has 2 aliphatic heterocycles. The highest BCUT2D eigenvalue weighted by Gasteiger charge is 2.30. The number of hydrogen-bond acceptors (Lipinski definition) is 6. The van der Waals surface area contributed by atoms with Crippen LogP contribution in [-0.4, -0.2) is 56.7 Å². The standard InChI is InChI=1S/C22H27N3O3/c1-17-13-22(18-7-5-4-6-8-18)25(28-17)24-11-9-23(10-12-24)19-14-20(26-2)16-21(15-19)27-3/h4-8,13-17H,9-12H2,1-3H3. The minimum Gasteiger partial charge on any atom is -0.497 e. The van der Waals surface area contributed by atoms with E-state index < -0.39 is 0 Å². The lowest BCUT2D eigenvalue weighted by atomic mass is 10.1. The third-order valence-corrected chi connectivity index (χ3v) is 5.15. The number of nitrogens with zero attached hydrogens (tertiary/aromatic N) is 3. The molecule has 6 nitrogen and oxygen atoms in total. The van der Waals surface area contributed by atoms with Gasteiger partial charge in [-0.15, -0.1) is 0 Å². The summed E-state index contributed by atoms with van der Waals surface area (Å²) in [5, 5.41) is 4.25. The van der Waals surface area contributed by atoms with Crippen molar-refractivity contribution in [2.45, 2.75) is 13.0 Å². The van der Waals surface area contributed by atoms with E-state index in [4.69, 9.17) is 14.3 Å².